The third-order valence-electron chi connectivity index (χ3n) is 3.63. The Morgan fingerprint density at radius 1 is 1.23 bits per heavy atom. The summed E-state index contributed by atoms with van der Waals surface area (Å²) in [5.41, 5.74) is 0. The minimum Gasteiger partial charge on any atom is -0.316 e. The Balaban J connectivity index is 1.95. The molecule has 0 spiro atoms. The van der Waals surface area contributed by atoms with Crippen molar-refractivity contribution in [3.63, 3.8) is 0 Å². The van der Waals surface area contributed by atoms with Gasteiger partial charge in [-0.15, -0.1) is 0 Å². The van der Waals surface area contributed by atoms with E-state index in [1.807, 2.05) is 13.8 Å². The average molecular weight is 181 g/mol. The zero-order valence-corrected chi connectivity index (χ0v) is 8.55. The Kier molecular flexibility index (Phi) is 2.41. The molecule has 2 fully saturated rings. The molecule has 2 heteroatoms. The summed E-state index contributed by atoms with van der Waals surface area (Å²) in [6, 6.07) is 0. The molecule has 1 saturated heterocycles. The van der Waals surface area contributed by atoms with Gasteiger partial charge in [0.05, 0.1) is 0 Å². The fraction of sp³-hybridized carbons (Fsp3) is 0.909. The Bertz CT molecular complexity index is 200. The number of carbonyl (C=O) groups excluding carboxylic acids is 1. The molecule has 74 valence electrons. The topological polar surface area (TPSA) is 29.1 Å². The molecule has 0 aromatic heterocycles. The van der Waals surface area contributed by atoms with Crippen LogP contribution in [0, 0.1) is 23.7 Å². The van der Waals surface area contributed by atoms with E-state index in [4.69, 9.17) is 0 Å². The summed E-state index contributed by atoms with van der Waals surface area (Å²) in [6.07, 6.45) is 2.30. The van der Waals surface area contributed by atoms with Gasteiger partial charge < -0.3 is 5.32 Å². The molecular formula is C11H19NO. The van der Waals surface area contributed by atoms with Crippen molar-refractivity contribution >= 4 is 5.78 Å². The normalized spacial score (nSPS) is 38.2. The van der Waals surface area contributed by atoms with Crippen molar-refractivity contribution in [1.29, 1.82) is 0 Å². The molecule has 3 atom stereocenters. The Morgan fingerprint density at radius 3 is 2.23 bits per heavy atom. The summed E-state index contributed by atoms with van der Waals surface area (Å²) < 4.78 is 0. The highest BCUT2D eigenvalue weighted by molar-refractivity contribution is 5.83. The maximum Gasteiger partial charge on any atom is 0.138 e. The summed E-state index contributed by atoms with van der Waals surface area (Å²) in [5, 5.41) is 3.40. The first-order valence-corrected chi connectivity index (χ1v) is 5.43. The Hall–Kier alpha value is -0.370. The first-order chi connectivity index (χ1) is 6.18. The smallest absolute Gasteiger partial charge is 0.138 e. The minimum atomic E-state index is 0.233. The van der Waals surface area contributed by atoms with Crippen LogP contribution in [0.5, 0.6) is 0 Å². The van der Waals surface area contributed by atoms with Crippen LogP contribution in [0.25, 0.3) is 0 Å². The zero-order chi connectivity index (χ0) is 9.42. The van der Waals surface area contributed by atoms with E-state index in [1.165, 1.54) is 0 Å². The highest BCUT2D eigenvalue weighted by atomic mass is 16.1. The molecule has 2 nitrogen and oxygen atoms in total. The number of carbonyl (C=O) groups is 1. The Labute approximate surface area is 80.1 Å². The van der Waals surface area contributed by atoms with Crippen LogP contribution in [0.3, 0.4) is 0 Å². The number of Topliss-reactive ketones (excluding diaryl/α,β-unsaturated/α-hetero) is 1. The third-order valence-corrected chi connectivity index (χ3v) is 3.63. The van der Waals surface area contributed by atoms with E-state index in [0.29, 0.717) is 11.7 Å². The van der Waals surface area contributed by atoms with Gasteiger partial charge in [-0.05, 0) is 37.8 Å². The van der Waals surface area contributed by atoms with Crippen LogP contribution in [-0.2, 0) is 4.79 Å². The quantitative estimate of drug-likeness (QED) is 0.698. The molecule has 13 heavy (non-hydrogen) atoms. The summed E-state index contributed by atoms with van der Waals surface area (Å²) in [6.45, 7) is 6.34. The molecule has 1 unspecified atom stereocenters. The van der Waals surface area contributed by atoms with E-state index >= 15 is 0 Å². The average Bonchev–Trinajstić information content (AvgIpc) is 2.59. The second-order valence-electron chi connectivity index (χ2n) is 4.90. The molecule has 0 amide bonds. The van der Waals surface area contributed by atoms with E-state index in [1.54, 1.807) is 0 Å². The zero-order valence-electron chi connectivity index (χ0n) is 8.55. The van der Waals surface area contributed by atoms with Gasteiger partial charge in [-0.25, -0.2) is 0 Å². The molecular weight excluding hydrogens is 162 g/mol. The first-order valence-electron chi connectivity index (χ1n) is 5.43. The van der Waals surface area contributed by atoms with Crippen molar-refractivity contribution in [2.75, 3.05) is 13.1 Å². The first kappa shape index (κ1) is 9.20. The van der Waals surface area contributed by atoms with E-state index in [2.05, 4.69) is 5.32 Å². The van der Waals surface area contributed by atoms with Gasteiger partial charge in [0, 0.05) is 11.8 Å². The van der Waals surface area contributed by atoms with E-state index in [-0.39, 0.29) is 5.92 Å². The highest BCUT2D eigenvalue weighted by Gasteiger charge is 2.40. The minimum absolute atomic E-state index is 0.233. The van der Waals surface area contributed by atoms with Crippen molar-refractivity contribution in [3.05, 3.63) is 0 Å². The standard InChI is InChI=1S/C11H19NO/c1-7(2)11(13)8-3-9-5-12-6-10(9)4-8/h7-10,12H,3-6H2,1-2H3/t8?,9-,10+. The second kappa shape index (κ2) is 3.41. The number of fused-ring (bicyclic) bond motifs is 1. The van der Waals surface area contributed by atoms with E-state index < -0.39 is 0 Å². The number of ketones is 1. The van der Waals surface area contributed by atoms with Gasteiger partial charge in [0.2, 0.25) is 0 Å². The lowest BCUT2D eigenvalue weighted by Gasteiger charge is -2.12. The van der Waals surface area contributed by atoms with E-state index in [9.17, 15) is 4.79 Å². The van der Waals surface area contributed by atoms with Crippen LogP contribution in [-0.4, -0.2) is 18.9 Å². The summed E-state index contributed by atoms with van der Waals surface area (Å²) in [5.74, 6) is 2.71. The molecule has 0 radical (unpaired) electrons. The third kappa shape index (κ3) is 1.64. The highest BCUT2D eigenvalue weighted by Crippen LogP contribution is 2.39. The van der Waals surface area contributed by atoms with Crippen molar-refractivity contribution < 1.29 is 4.79 Å². The SMILES string of the molecule is CC(C)C(=O)C1C[C@H]2CNC[C@H]2C1. The van der Waals surface area contributed by atoms with Crippen molar-refractivity contribution in [1.82, 2.24) is 5.32 Å². The molecule has 0 bridgehead atoms. The van der Waals surface area contributed by atoms with Gasteiger partial charge in [0.15, 0.2) is 0 Å². The Morgan fingerprint density at radius 2 is 1.77 bits per heavy atom. The predicted octanol–water partition coefficient (Wildman–Crippen LogP) is 1.46. The summed E-state index contributed by atoms with van der Waals surface area (Å²) in [7, 11) is 0. The van der Waals surface area contributed by atoms with Gasteiger partial charge in [-0.3, -0.25) is 4.79 Å². The fourth-order valence-electron chi connectivity index (χ4n) is 2.87. The van der Waals surface area contributed by atoms with E-state index in [0.717, 1.165) is 37.8 Å². The van der Waals surface area contributed by atoms with Gasteiger partial charge in [0.25, 0.3) is 0 Å². The summed E-state index contributed by atoms with van der Waals surface area (Å²) in [4.78, 5) is 11.8. The molecule has 0 aromatic rings. The van der Waals surface area contributed by atoms with Gasteiger partial charge in [-0.2, -0.15) is 0 Å². The molecule has 1 N–H and O–H groups in total. The lowest BCUT2D eigenvalue weighted by Crippen LogP contribution is -2.20. The van der Waals surface area contributed by atoms with Crippen molar-refractivity contribution in [2.24, 2.45) is 23.7 Å². The molecule has 2 rings (SSSR count). The van der Waals surface area contributed by atoms with Crippen LogP contribution in [0.4, 0.5) is 0 Å². The van der Waals surface area contributed by atoms with Gasteiger partial charge >= 0.3 is 0 Å². The largest absolute Gasteiger partial charge is 0.316 e. The van der Waals surface area contributed by atoms with Gasteiger partial charge in [-0.1, -0.05) is 13.8 Å². The molecule has 1 aliphatic carbocycles. The maximum absolute atomic E-state index is 11.8. The van der Waals surface area contributed by atoms with Crippen molar-refractivity contribution in [2.45, 2.75) is 26.7 Å². The van der Waals surface area contributed by atoms with Crippen molar-refractivity contribution in [3.8, 4) is 0 Å². The molecule has 1 aliphatic heterocycles. The number of nitrogens with one attached hydrogen (secondary N) is 1. The van der Waals surface area contributed by atoms with Crippen LogP contribution in [0.15, 0.2) is 0 Å². The lowest BCUT2D eigenvalue weighted by atomic mass is 9.93. The monoisotopic (exact) mass is 181 g/mol. The predicted molar refractivity (Wildman–Crippen MR) is 52.4 cm³/mol. The number of hydrogen-bond donors (Lipinski definition) is 1. The van der Waals surface area contributed by atoms with Crippen LogP contribution in [0.2, 0.25) is 0 Å². The molecule has 1 heterocycles. The second-order valence-corrected chi connectivity index (χ2v) is 4.90. The van der Waals surface area contributed by atoms with Crippen LogP contribution < -0.4 is 5.32 Å². The van der Waals surface area contributed by atoms with Crippen LogP contribution in [0.1, 0.15) is 26.7 Å². The maximum atomic E-state index is 11.8. The molecule has 0 aromatic carbocycles. The van der Waals surface area contributed by atoms with Crippen LogP contribution >= 0.6 is 0 Å². The van der Waals surface area contributed by atoms with Gasteiger partial charge in [0.1, 0.15) is 5.78 Å². The lowest BCUT2D eigenvalue weighted by molar-refractivity contribution is -0.125. The number of rotatable bonds is 2. The summed E-state index contributed by atoms with van der Waals surface area (Å²) >= 11 is 0. The molecule has 2 aliphatic rings. The fourth-order valence-corrected chi connectivity index (χ4v) is 2.87. The molecule has 1 saturated carbocycles. The number of hydrogen-bond acceptors (Lipinski definition) is 2.